The number of rotatable bonds is 3. The summed E-state index contributed by atoms with van der Waals surface area (Å²) in [5.74, 6) is -0.360. The van der Waals surface area contributed by atoms with Gasteiger partial charge in [-0.1, -0.05) is 18.2 Å². The van der Waals surface area contributed by atoms with Crippen molar-refractivity contribution in [2.75, 3.05) is 13.2 Å². The van der Waals surface area contributed by atoms with Crippen LogP contribution < -0.4 is 0 Å². The average Bonchev–Trinajstić information content (AvgIpc) is 2.77. The van der Waals surface area contributed by atoms with Crippen LogP contribution in [0.3, 0.4) is 0 Å². The fourth-order valence-corrected chi connectivity index (χ4v) is 1.85. The first-order chi connectivity index (χ1) is 7.81. The Labute approximate surface area is 94.4 Å². The SMILES string of the molecule is O=C(ON1CCC[C@H]1CO)c1ccccc1. The summed E-state index contributed by atoms with van der Waals surface area (Å²) in [5, 5.41) is 10.7. The molecule has 2 rings (SSSR count). The van der Waals surface area contributed by atoms with E-state index in [1.807, 2.05) is 6.07 Å². The van der Waals surface area contributed by atoms with Gasteiger partial charge in [-0.25, -0.2) is 4.79 Å². The normalized spacial score (nSPS) is 20.9. The summed E-state index contributed by atoms with van der Waals surface area (Å²) in [5.41, 5.74) is 0.533. The van der Waals surface area contributed by atoms with E-state index in [0.717, 1.165) is 12.8 Å². The van der Waals surface area contributed by atoms with Gasteiger partial charge in [0.05, 0.1) is 18.2 Å². The molecular weight excluding hydrogens is 206 g/mol. The van der Waals surface area contributed by atoms with Crippen molar-refractivity contribution in [2.45, 2.75) is 18.9 Å². The molecule has 0 unspecified atom stereocenters. The van der Waals surface area contributed by atoms with Crippen LogP contribution in [0, 0.1) is 0 Å². The van der Waals surface area contributed by atoms with Crippen LogP contribution in [0.4, 0.5) is 0 Å². The first kappa shape index (κ1) is 11.1. The summed E-state index contributed by atoms with van der Waals surface area (Å²) in [4.78, 5) is 17.0. The number of hydrogen-bond acceptors (Lipinski definition) is 4. The molecule has 0 saturated carbocycles. The van der Waals surface area contributed by atoms with Gasteiger partial charge in [-0.05, 0) is 25.0 Å². The molecule has 1 aromatic carbocycles. The smallest absolute Gasteiger partial charge is 0.357 e. The Bertz CT molecular complexity index is 353. The standard InChI is InChI=1S/C12H15NO3/c14-9-11-7-4-8-13(11)16-12(15)10-5-2-1-3-6-10/h1-3,5-6,11,14H,4,7-9H2/t11-/m0/s1. The van der Waals surface area contributed by atoms with Crippen LogP contribution in [0.15, 0.2) is 30.3 Å². The number of hydroxylamine groups is 2. The molecule has 1 N–H and O–H groups in total. The Morgan fingerprint density at radius 3 is 2.88 bits per heavy atom. The van der Waals surface area contributed by atoms with Crippen molar-refractivity contribution in [1.82, 2.24) is 5.06 Å². The van der Waals surface area contributed by atoms with Gasteiger partial charge < -0.3 is 9.94 Å². The largest absolute Gasteiger partial charge is 0.395 e. The zero-order valence-electron chi connectivity index (χ0n) is 9.00. The van der Waals surface area contributed by atoms with Gasteiger partial charge in [-0.2, -0.15) is 0 Å². The van der Waals surface area contributed by atoms with Crippen molar-refractivity contribution in [2.24, 2.45) is 0 Å². The summed E-state index contributed by atoms with van der Waals surface area (Å²) < 4.78 is 0. The molecule has 0 radical (unpaired) electrons. The minimum atomic E-state index is -0.360. The molecular formula is C12H15NO3. The van der Waals surface area contributed by atoms with E-state index >= 15 is 0 Å². The van der Waals surface area contributed by atoms with Crippen LogP contribution in [-0.4, -0.2) is 35.3 Å². The van der Waals surface area contributed by atoms with E-state index in [0.29, 0.717) is 12.1 Å². The molecule has 16 heavy (non-hydrogen) atoms. The average molecular weight is 221 g/mol. The predicted molar refractivity (Wildman–Crippen MR) is 58.7 cm³/mol. The first-order valence-electron chi connectivity index (χ1n) is 5.46. The molecule has 0 spiro atoms. The van der Waals surface area contributed by atoms with Gasteiger partial charge in [0, 0.05) is 6.54 Å². The molecule has 1 fully saturated rings. The Morgan fingerprint density at radius 2 is 2.19 bits per heavy atom. The highest BCUT2D eigenvalue weighted by molar-refractivity contribution is 5.89. The minimum Gasteiger partial charge on any atom is -0.395 e. The summed E-state index contributed by atoms with van der Waals surface area (Å²) in [7, 11) is 0. The third-order valence-electron chi connectivity index (χ3n) is 2.74. The van der Waals surface area contributed by atoms with Gasteiger partial charge in [0.15, 0.2) is 0 Å². The van der Waals surface area contributed by atoms with E-state index in [4.69, 9.17) is 9.94 Å². The topological polar surface area (TPSA) is 49.8 Å². The van der Waals surface area contributed by atoms with Crippen molar-refractivity contribution in [3.8, 4) is 0 Å². The third kappa shape index (κ3) is 2.40. The lowest BCUT2D eigenvalue weighted by Crippen LogP contribution is -2.34. The van der Waals surface area contributed by atoms with E-state index in [1.54, 1.807) is 29.3 Å². The van der Waals surface area contributed by atoms with Crippen LogP contribution in [0.1, 0.15) is 23.2 Å². The Morgan fingerprint density at radius 1 is 1.44 bits per heavy atom. The second-order valence-corrected chi connectivity index (χ2v) is 3.86. The molecule has 4 heteroatoms. The lowest BCUT2D eigenvalue weighted by molar-refractivity contribution is -0.126. The highest BCUT2D eigenvalue weighted by atomic mass is 16.7. The highest BCUT2D eigenvalue weighted by Gasteiger charge is 2.27. The van der Waals surface area contributed by atoms with Gasteiger partial charge in [0.2, 0.25) is 0 Å². The van der Waals surface area contributed by atoms with Crippen LogP contribution in [-0.2, 0) is 4.84 Å². The predicted octanol–water partition coefficient (Wildman–Crippen LogP) is 1.22. The van der Waals surface area contributed by atoms with Crippen molar-refractivity contribution >= 4 is 5.97 Å². The monoisotopic (exact) mass is 221 g/mol. The maximum atomic E-state index is 11.7. The number of carbonyl (C=O) groups is 1. The van der Waals surface area contributed by atoms with Crippen LogP contribution >= 0.6 is 0 Å². The molecule has 0 aromatic heterocycles. The molecule has 1 heterocycles. The molecule has 1 aliphatic heterocycles. The van der Waals surface area contributed by atoms with E-state index in [1.165, 1.54) is 0 Å². The van der Waals surface area contributed by atoms with E-state index < -0.39 is 0 Å². The summed E-state index contributed by atoms with van der Waals surface area (Å²) >= 11 is 0. The Kier molecular flexibility index (Phi) is 3.54. The molecule has 1 saturated heterocycles. The van der Waals surface area contributed by atoms with Gasteiger partial charge in [-0.3, -0.25) is 0 Å². The van der Waals surface area contributed by atoms with Gasteiger partial charge in [-0.15, -0.1) is 5.06 Å². The molecule has 0 amide bonds. The quantitative estimate of drug-likeness (QED) is 0.833. The van der Waals surface area contributed by atoms with E-state index in [9.17, 15) is 4.79 Å². The van der Waals surface area contributed by atoms with E-state index in [-0.39, 0.29) is 18.6 Å². The van der Waals surface area contributed by atoms with Crippen molar-refractivity contribution in [3.05, 3.63) is 35.9 Å². The Hall–Kier alpha value is -1.39. The summed E-state index contributed by atoms with van der Waals surface area (Å²) in [6, 6.07) is 8.82. The second kappa shape index (κ2) is 5.09. The third-order valence-corrected chi connectivity index (χ3v) is 2.74. The van der Waals surface area contributed by atoms with Crippen LogP contribution in [0.2, 0.25) is 0 Å². The van der Waals surface area contributed by atoms with Gasteiger partial charge in [0.1, 0.15) is 0 Å². The van der Waals surface area contributed by atoms with Crippen molar-refractivity contribution in [1.29, 1.82) is 0 Å². The number of carbonyl (C=O) groups excluding carboxylic acids is 1. The minimum absolute atomic E-state index is 0.0298. The second-order valence-electron chi connectivity index (χ2n) is 3.86. The van der Waals surface area contributed by atoms with Crippen molar-refractivity contribution < 1.29 is 14.7 Å². The number of aliphatic hydroxyl groups is 1. The lowest BCUT2D eigenvalue weighted by atomic mass is 10.2. The molecule has 1 atom stereocenters. The first-order valence-corrected chi connectivity index (χ1v) is 5.46. The van der Waals surface area contributed by atoms with E-state index in [2.05, 4.69) is 0 Å². The summed E-state index contributed by atoms with van der Waals surface area (Å²) in [6.45, 7) is 0.728. The number of aliphatic hydroxyl groups excluding tert-OH is 1. The van der Waals surface area contributed by atoms with Gasteiger partial charge in [0.25, 0.3) is 0 Å². The summed E-state index contributed by atoms with van der Waals surface area (Å²) in [6.07, 6.45) is 1.83. The lowest BCUT2D eigenvalue weighted by Gasteiger charge is -2.21. The maximum Gasteiger partial charge on any atom is 0.357 e. The number of benzene rings is 1. The number of hydrogen-bond donors (Lipinski definition) is 1. The molecule has 1 aliphatic rings. The van der Waals surface area contributed by atoms with Gasteiger partial charge >= 0.3 is 5.97 Å². The maximum absolute atomic E-state index is 11.7. The van der Waals surface area contributed by atoms with Crippen LogP contribution in [0.5, 0.6) is 0 Å². The fraction of sp³-hybridized carbons (Fsp3) is 0.417. The Balaban J connectivity index is 1.97. The highest BCUT2D eigenvalue weighted by Crippen LogP contribution is 2.18. The molecule has 0 aliphatic carbocycles. The molecule has 4 nitrogen and oxygen atoms in total. The zero-order valence-corrected chi connectivity index (χ0v) is 9.00. The fourth-order valence-electron chi connectivity index (χ4n) is 1.85. The molecule has 1 aromatic rings. The molecule has 0 bridgehead atoms. The molecule has 86 valence electrons. The van der Waals surface area contributed by atoms with Crippen LogP contribution in [0.25, 0.3) is 0 Å². The zero-order chi connectivity index (χ0) is 11.4. The number of nitrogens with zero attached hydrogens (tertiary/aromatic N) is 1. The van der Waals surface area contributed by atoms with Crippen molar-refractivity contribution in [3.63, 3.8) is 0 Å².